The fourth-order valence-electron chi connectivity index (χ4n) is 4.18. The average molecular weight is 815 g/mol. The van der Waals surface area contributed by atoms with Gasteiger partial charge in [-0.15, -0.1) is 69.1 Å². The quantitative estimate of drug-likeness (QED) is 0.145. The first-order valence-corrected chi connectivity index (χ1v) is 14.1. The molecule has 0 aliphatic heterocycles. The average Bonchev–Trinajstić information content (AvgIpc) is 3.56. The van der Waals surface area contributed by atoms with Crippen LogP contribution in [-0.2, 0) is 26.2 Å². The molecule has 0 atom stereocenters. The zero-order valence-corrected chi connectivity index (χ0v) is 29.9. The van der Waals surface area contributed by atoms with Gasteiger partial charge in [-0.3, -0.25) is 0 Å². The molecular formula is C34H33I2SiZr. The Labute approximate surface area is 284 Å². The standard InChI is InChI=1S/2C15H11.C4H11Si.2HI.Zr/c2*1-2-6-12(7-3-1)15-10-13-8-4-5-9-14(13)11-15;1-3-5-4-2;;;/h2*1-11H;5H,3-4H2,1-2H3;2*1H;/q2*-1;;;;+4/p-2. The zero-order valence-electron chi connectivity index (χ0n) is 21.9. The van der Waals surface area contributed by atoms with Crippen molar-refractivity contribution in [2.45, 2.75) is 25.9 Å². The topological polar surface area (TPSA) is 0 Å². The van der Waals surface area contributed by atoms with E-state index in [0.29, 0.717) is 0 Å². The first-order chi connectivity index (χ1) is 17.3. The van der Waals surface area contributed by atoms with Crippen LogP contribution in [0.25, 0.3) is 43.8 Å². The van der Waals surface area contributed by atoms with Crippen LogP contribution in [0.3, 0.4) is 0 Å². The van der Waals surface area contributed by atoms with E-state index in [-0.39, 0.29) is 74.2 Å². The summed E-state index contributed by atoms with van der Waals surface area (Å²) in [6, 6.07) is 49.7. The van der Waals surface area contributed by atoms with Crippen molar-refractivity contribution in [3.63, 3.8) is 0 Å². The van der Waals surface area contributed by atoms with Gasteiger partial charge in [0.05, 0.1) is 0 Å². The van der Waals surface area contributed by atoms with Crippen molar-refractivity contribution in [1.29, 1.82) is 0 Å². The molecule has 0 heterocycles. The molecule has 4 heteroatoms. The van der Waals surface area contributed by atoms with Crippen LogP contribution in [0.1, 0.15) is 13.8 Å². The second kappa shape index (κ2) is 18.9. The Balaban J connectivity index is 0.000000304. The monoisotopic (exact) mass is 813 g/mol. The summed E-state index contributed by atoms with van der Waals surface area (Å²) in [5.41, 5.74) is 5.18. The van der Waals surface area contributed by atoms with Crippen LogP contribution in [0, 0.1) is 0 Å². The van der Waals surface area contributed by atoms with E-state index in [1.54, 1.807) is 0 Å². The minimum Gasteiger partial charge on any atom is -1.00 e. The van der Waals surface area contributed by atoms with Crippen LogP contribution >= 0.6 is 0 Å². The predicted octanol–water partition coefficient (Wildman–Crippen LogP) is 3.76. The summed E-state index contributed by atoms with van der Waals surface area (Å²) >= 11 is 0. The largest absolute Gasteiger partial charge is 4.00 e. The number of halogens is 2. The molecule has 0 spiro atoms. The molecule has 0 unspecified atom stereocenters. The predicted molar refractivity (Wildman–Crippen MR) is 158 cm³/mol. The third kappa shape index (κ3) is 10.0. The summed E-state index contributed by atoms with van der Waals surface area (Å²) in [5, 5.41) is 5.26. The Hall–Kier alpha value is -1.34. The van der Waals surface area contributed by atoms with Gasteiger partial charge in [-0.2, -0.15) is 0 Å². The molecule has 0 nitrogen and oxygen atoms in total. The molecule has 0 N–H and O–H groups in total. The van der Waals surface area contributed by atoms with Gasteiger partial charge < -0.3 is 48.0 Å². The fraction of sp³-hybridized carbons (Fsp3) is 0.118. The van der Waals surface area contributed by atoms with Gasteiger partial charge in [0, 0.05) is 9.52 Å². The van der Waals surface area contributed by atoms with Crippen LogP contribution in [-0.4, -0.2) is 9.52 Å². The molecule has 6 aromatic carbocycles. The SMILES string of the molecule is CC[SiH]CC.[I-].[I-].[Zr+4].c1ccc(-c2cc3ccccc3[cH-]2)cc1.c1ccc(-c2cc3ccccc3[cH-]2)cc1. The number of benzene rings is 4. The minimum atomic E-state index is 0. The van der Waals surface area contributed by atoms with Gasteiger partial charge in [-0.05, 0) is 0 Å². The second-order valence-electron chi connectivity index (χ2n) is 8.58. The molecular weight excluding hydrogens is 781 g/mol. The number of rotatable bonds is 4. The maximum absolute atomic E-state index is 2.25. The summed E-state index contributed by atoms with van der Waals surface area (Å²) < 4.78 is 0. The summed E-state index contributed by atoms with van der Waals surface area (Å²) in [6.07, 6.45) is 0. The third-order valence-corrected chi connectivity index (χ3v) is 7.18. The minimum absolute atomic E-state index is 0. The molecule has 6 rings (SSSR count). The van der Waals surface area contributed by atoms with Crippen molar-refractivity contribution >= 4 is 31.1 Å². The number of fused-ring (bicyclic) bond motifs is 2. The van der Waals surface area contributed by atoms with Gasteiger partial charge in [0.1, 0.15) is 0 Å². The Morgan fingerprint density at radius 1 is 0.500 bits per heavy atom. The molecule has 191 valence electrons. The summed E-state index contributed by atoms with van der Waals surface area (Å²) in [7, 11) is 0.815. The van der Waals surface area contributed by atoms with Gasteiger partial charge in [-0.25, -0.2) is 0 Å². The van der Waals surface area contributed by atoms with Gasteiger partial charge >= 0.3 is 26.2 Å². The first kappa shape index (κ1) is 34.7. The van der Waals surface area contributed by atoms with Crippen LogP contribution in [0.2, 0.25) is 12.1 Å². The molecule has 1 radical (unpaired) electrons. The fourth-order valence-corrected chi connectivity index (χ4v) is 4.76. The van der Waals surface area contributed by atoms with E-state index in [1.807, 2.05) is 12.1 Å². The van der Waals surface area contributed by atoms with E-state index >= 15 is 0 Å². The van der Waals surface area contributed by atoms with E-state index in [9.17, 15) is 0 Å². The molecule has 0 saturated heterocycles. The molecule has 0 aromatic heterocycles. The van der Waals surface area contributed by atoms with Crippen molar-refractivity contribution in [2.75, 3.05) is 0 Å². The molecule has 0 aliphatic rings. The maximum Gasteiger partial charge on any atom is 4.00 e. The molecule has 6 aromatic rings. The van der Waals surface area contributed by atoms with Gasteiger partial charge in [0.15, 0.2) is 0 Å². The molecule has 0 bridgehead atoms. The van der Waals surface area contributed by atoms with Crippen molar-refractivity contribution in [3.05, 3.63) is 133 Å². The number of hydrogen-bond donors (Lipinski definition) is 0. The van der Waals surface area contributed by atoms with Crippen molar-refractivity contribution in [2.24, 2.45) is 0 Å². The van der Waals surface area contributed by atoms with Crippen LogP contribution < -0.4 is 48.0 Å². The second-order valence-corrected chi connectivity index (χ2v) is 10.8. The van der Waals surface area contributed by atoms with E-state index in [0.717, 1.165) is 9.52 Å². The summed E-state index contributed by atoms with van der Waals surface area (Å²) in [6.45, 7) is 4.50. The molecule has 0 saturated carbocycles. The Morgan fingerprint density at radius 3 is 1.16 bits per heavy atom. The zero-order chi connectivity index (χ0) is 24.3. The van der Waals surface area contributed by atoms with Crippen LogP contribution in [0.15, 0.2) is 133 Å². The molecule has 0 fully saturated rings. The third-order valence-electron chi connectivity index (χ3n) is 6.03. The number of hydrogen-bond acceptors (Lipinski definition) is 0. The smallest absolute Gasteiger partial charge is 1.00 e. The van der Waals surface area contributed by atoms with Crippen molar-refractivity contribution < 1.29 is 74.2 Å². The van der Waals surface area contributed by atoms with Gasteiger partial charge in [0.25, 0.3) is 0 Å². The van der Waals surface area contributed by atoms with E-state index in [4.69, 9.17) is 0 Å². The van der Waals surface area contributed by atoms with Crippen molar-refractivity contribution in [1.82, 2.24) is 0 Å². The normalized spacial score (nSPS) is 9.53. The Kier molecular flexibility index (Phi) is 17.2. The Bertz CT molecular complexity index is 1260. The molecule has 0 aliphatic carbocycles. The van der Waals surface area contributed by atoms with Crippen LogP contribution in [0.5, 0.6) is 0 Å². The van der Waals surface area contributed by atoms with Gasteiger partial charge in [0.2, 0.25) is 0 Å². The maximum atomic E-state index is 2.25. The van der Waals surface area contributed by atoms with E-state index < -0.39 is 0 Å². The van der Waals surface area contributed by atoms with Crippen LogP contribution in [0.4, 0.5) is 0 Å². The van der Waals surface area contributed by atoms with Crippen molar-refractivity contribution in [3.8, 4) is 22.3 Å². The van der Waals surface area contributed by atoms with E-state index in [1.165, 1.54) is 55.9 Å². The Morgan fingerprint density at radius 2 is 0.842 bits per heavy atom. The molecule has 0 amide bonds. The summed E-state index contributed by atoms with van der Waals surface area (Å²) in [4.78, 5) is 0. The van der Waals surface area contributed by atoms with Gasteiger partial charge in [-0.1, -0.05) is 134 Å². The van der Waals surface area contributed by atoms with E-state index in [2.05, 4.69) is 135 Å². The molecule has 38 heavy (non-hydrogen) atoms. The summed E-state index contributed by atoms with van der Waals surface area (Å²) in [5.74, 6) is 0. The first-order valence-electron chi connectivity index (χ1n) is 12.5.